The molecular formula is C31H48O7. The van der Waals surface area contributed by atoms with Crippen molar-refractivity contribution in [3.63, 3.8) is 0 Å². The van der Waals surface area contributed by atoms with Crippen LogP contribution in [0.25, 0.3) is 0 Å². The van der Waals surface area contributed by atoms with Gasteiger partial charge in [0.2, 0.25) is 0 Å². The van der Waals surface area contributed by atoms with Gasteiger partial charge in [-0.25, -0.2) is 4.79 Å². The average Bonchev–Trinajstić information content (AvgIpc) is 3.10. The van der Waals surface area contributed by atoms with Gasteiger partial charge in [-0.2, -0.15) is 0 Å². The number of hydrogen-bond acceptors (Lipinski definition) is 6. The minimum Gasteiger partial charge on any atom is -0.478 e. The number of hydrogen-bond donors (Lipinski definition) is 4. The molecule has 4 aliphatic rings. The third-order valence-electron chi connectivity index (χ3n) is 11.8. The first-order chi connectivity index (χ1) is 17.7. The number of carbonyl (C=O) groups is 2. The lowest BCUT2D eigenvalue weighted by Crippen LogP contribution is -2.65. The zero-order valence-corrected chi connectivity index (χ0v) is 24.0. The molecule has 0 bridgehead atoms. The lowest BCUT2D eigenvalue weighted by Gasteiger charge is -2.69. The minimum atomic E-state index is -1.01. The maximum absolute atomic E-state index is 12.6. The predicted molar refractivity (Wildman–Crippen MR) is 144 cm³/mol. The molecule has 4 aliphatic carbocycles. The van der Waals surface area contributed by atoms with Crippen LogP contribution >= 0.6 is 0 Å². The molecule has 0 amide bonds. The number of allylic oxidation sites excluding steroid dienone is 1. The number of fused-ring (bicyclic) bond motifs is 5. The number of carbonyl (C=O) groups excluding carboxylic acids is 1. The van der Waals surface area contributed by atoms with Crippen LogP contribution in [0.4, 0.5) is 0 Å². The van der Waals surface area contributed by atoms with Crippen molar-refractivity contribution in [1.29, 1.82) is 0 Å². The molecule has 0 spiro atoms. The van der Waals surface area contributed by atoms with Gasteiger partial charge in [0.15, 0.2) is 0 Å². The smallest absolute Gasteiger partial charge is 0.331 e. The van der Waals surface area contributed by atoms with Crippen LogP contribution < -0.4 is 0 Å². The van der Waals surface area contributed by atoms with Crippen molar-refractivity contribution < 1.29 is 34.8 Å². The molecular weight excluding hydrogens is 484 g/mol. The molecule has 7 heteroatoms. The summed E-state index contributed by atoms with van der Waals surface area (Å²) in [4.78, 5) is 24.9. The summed E-state index contributed by atoms with van der Waals surface area (Å²) in [6.45, 7) is 12.1. The first-order valence-corrected chi connectivity index (χ1v) is 14.5. The summed E-state index contributed by atoms with van der Waals surface area (Å²) in [5, 5.41) is 42.2. The standard InChI is InChI=1S/C31H48O7/c1-17(16-32)8-7-9-20(28(36)37)26-22-14-24(35)27-29(4)12-11-23(34)18(2)21(29)10-13-30(27,5)31(22,6)15-25(26)38-19(3)33/h8,18,21-25,27,32,34-35H,7,9-16H2,1-6H3,(H,36,37)/b17-8-,26-20?/t18-,21-,22-,23+,24+,25-,27-,29-,30-,31-/m0/s1. The largest absolute Gasteiger partial charge is 0.478 e. The zero-order valence-electron chi connectivity index (χ0n) is 24.0. The van der Waals surface area contributed by atoms with E-state index in [4.69, 9.17) is 4.74 Å². The molecule has 38 heavy (non-hydrogen) atoms. The van der Waals surface area contributed by atoms with Crippen LogP contribution in [-0.4, -0.2) is 57.3 Å². The summed E-state index contributed by atoms with van der Waals surface area (Å²) in [5.74, 6) is -1.11. The topological polar surface area (TPSA) is 124 Å². The van der Waals surface area contributed by atoms with Gasteiger partial charge in [-0.1, -0.05) is 39.3 Å². The number of aliphatic carboxylic acids is 1. The third-order valence-corrected chi connectivity index (χ3v) is 11.8. The second kappa shape index (κ2) is 10.4. The van der Waals surface area contributed by atoms with Crippen molar-refractivity contribution >= 4 is 11.9 Å². The molecule has 4 N–H and O–H groups in total. The van der Waals surface area contributed by atoms with E-state index < -0.39 is 24.1 Å². The van der Waals surface area contributed by atoms with E-state index in [9.17, 15) is 30.0 Å². The monoisotopic (exact) mass is 532 g/mol. The van der Waals surface area contributed by atoms with Gasteiger partial charge in [-0.3, -0.25) is 4.79 Å². The molecule has 0 aliphatic heterocycles. The lowest BCUT2D eigenvalue weighted by atomic mass is 9.36. The van der Waals surface area contributed by atoms with Crippen molar-refractivity contribution in [2.75, 3.05) is 6.61 Å². The van der Waals surface area contributed by atoms with E-state index in [2.05, 4.69) is 27.7 Å². The van der Waals surface area contributed by atoms with Crippen LogP contribution in [-0.2, 0) is 14.3 Å². The van der Waals surface area contributed by atoms with E-state index in [1.165, 1.54) is 6.92 Å². The Morgan fingerprint density at radius 2 is 1.74 bits per heavy atom. The Balaban J connectivity index is 1.81. The van der Waals surface area contributed by atoms with Crippen LogP contribution in [0.15, 0.2) is 22.8 Å². The van der Waals surface area contributed by atoms with Gasteiger partial charge in [0.1, 0.15) is 6.10 Å². The summed E-state index contributed by atoms with van der Waals surface area (Å²) < 4.78 is 5.85. The Hall–Kier alpha value is -1.70. The molecule has 0 saturated heterocycles. The van der Waals surface area contributed by atoms with Crippen LogP contribution in [0, 0.1) is 39.9 Å². The first kappa shape index (κ1) is 29.3. The average molecular weight is 533 g/mol. The Labute approximate surface area is 227 Å². The fraction of sp³-hybridized carbons (Fsp3) is 0.806. The minimum absolute atomic E-state index is 0.0192. The van der Waals surface area contributed by atoms with Crippen molar-refractivity contribution in [1.82, 2.24) is 0 Å². The van der Waals surface area contributed by atoms with Gasteiger partial charge in [-0.15, -0.1) is 0 Å². The summed E-state index contributed by atoms with van der Waals surface area (Å²) >= 11 is 0. The first-order valence-electron chi connectivity index (χ1n) is 14.5. The molecule has 0 heterocycles. The van der Waals surface area contributed by atoms with Crippen molar-refractivity contribution in [3.8, 4) is 0 Å². The third kappa shape index (κ3) is 4.46. The highest BCUT2D eigenvalue weighted by molar-refractivity contribution is 5.88. The van der Waals surface area contributed by atoms with E-state index in [0.717, 1.165) is 31.3 Å². The van der Waals surface area contributed by atoms with Gasteiger partial charge in [0, 0.05) is 12.5 Å². The summed E-state index contributed by atoms with van der Waals surface area (Å²) in [5.41, 5.74) is 0.980. The Bertz CT molecular complexity index is 1020. The number of carboxylic acid groups (broad SMARTS) is 1. The highest BCUT2D eigenvalue weighted by Gasteiger charge is 2.70. The highest BCUT2D eigenvalue weighted by atomic mass is 16.5. The van der Waals surface area contributed by atoms with E-state index in [1.54, 1.807) is 0 Å². The normalized spacial score (nSPS) is 46.0. The molecule has 0 unspecified atom stereocenters. The number of esters is 1. The lowest BCUT2D eigenvalue weighted by molar-refractivity contribution is -0.234. The van der Waals surface area contributed by atoms with E-state index in [1.807, 2.05) is 13.0 Å². The van der Waals surface area contributed by atoms with E-state index in [0.29, 0.717) is 30.8 Å². The van der Waals surface area contributed by atoms with Crippen molar-refractivity contribution in [3.05, 3.63) is 22.8 Å². The Morgan fingerprint density at radius 1 is 1.05 bits per heavy atom. The quantitative estimate of drug-likeness (QED) is 0.223. The number of rotatable bonds is 6. The summed E-state index contributed by atoms with van der Waals surface area (Å²) in [6, 6.07) is 0. The highest BCUT2D eigenvalue weighted by Crippen LogP contribution is 2.74. The van der Waals surface area contributed by atoms with E-state index >= 15 is 0 Å². The van der Waals surface area contributed by atoms with Gasteiger partial charge < -0.3 is 25.2 Å². The zero-order chi connectivity index (χ0) is 28.2. The molecule has 0 aromatic carbocycles. The summed E-state index contributed by atoms with van der Waals surface area (Å²) in [6.07, 6.45) is 5.51. The van der Waals surface area contributed by atoms with Crippen LogP contribution in [0.2, 0.25) is 0 Å². The number of ether oxygens (including phenoxy) is 1. The van der Waals surface area contributed by atoms with E-state index in [-0.39, 0.29) is 58.7 Å². The maximum atomic E-state index is 12.6. The van der Waals surface area contributed by atoms with Crippen LogP contribution in [0.3, 0.4) is 0 Å². The second-order valence-corrected chi connectivity index (χ2v) is 13.6. The second-order valence-electron chi connectivity index (χ2n) is 13.6. The Morgan fingerprint density at radius 3 is 2.34 bits per heavy atom. The van der Waals surface area contributed by atoms with Crippen LogP contribution in [0.1, 0.15) is 92.9 Å². The molecule has 4 fully saturated rings. The predicted octanol–water partition coefficient (Wildman–Crippen LogP) is 4.64. The number of carboxylic acids is 1. The fourth-order valence-electron chi connectivity index (χ4n) is 9.81. The molecule has 10 atom stereocenters. The van der Waals surface area contributed by atoms with Gasteiger partial charge >= 0.3 is 11.9 Å². The van der Waals surface area contributed by atoms with Crippen LogP contribution in [0.5, 0.6) is 0 Å². The molecule has 214 valence electrons. The number of aliphatic hydroxyl groups excluding tert-OH is 3. The molecule has 7 nitrogen and oxygen atoms in total. The van der Waals surface area contributed by atoms with Gasteiger partial charge in [-0.05, 0) is 104 Å². The summed E-state index contributed by atoms with van der Waals surface area (Å²) in [7, 11) is 0. The molecule has 4 rings (SSSR count). The molecule has 0 aromatic rings. The van der Waals surface area contributed by atoms with Crippen molar-refractivity contribution in [2.24, 2.45) is 39.9 Å². The number of aliphatic hydroxyl groups is 3. The fourth-order valence-corrected chi connectivity index (χ4v) is 9.81. The molecule has 0 aromatic heterocycles. The SMILES string of the molecule is CC(=O)O[C@H]1C[C@@]2(C)[C@@H](C[C@@H](O)[C@H]3[C@@]4(C)CC[C@@H](O)[C@@H](C)[C@@H]4CC[C@@]32C)C1=C(CC/C=C(/C)CO)C(=O)O. The molecule has 0 radical (unpaired) electrons. The Kier molecular flexibility index (Phi) is 7.99. The van der Waals surface area contributed by atoms with Crippen molar-refractivity contribution in [2.45, 2.75) is 111 Å². The molecule has 4 saturated carbocycles. The maximum Gasteiger partial charge on any atom is 0.331 e. The van der Waals surface area contributed by atoms with Gasteiger partial charge in [0.05, 0.1) is 18.8 Å². The van der Waals surface area contributed by atoms with Gasteiger partial charge in [0.25, 0.3) is 0 Å².